The molecule has 0 unspecified atom stereocenters. The molecule has 1 aromatic heterocycles. The van der Waals surface area contributed by atoms with E-state index in [1.807, 2.05) is 41.9 Å². The van der Waals surface area contributed by atoms with Gasteiger partial charge in [0, 0.05) is 34.6 Å². The van der Waals surface area contributed by atoms with Crippen molar-refractivity contribution >= 4 is 51.3 Å². The second-order valence-electron chi connectivity index (χ2n) is 8.73. The van der Waals surface area contributed by atoms with E-state index in [1.165, 1.54) is 35.0 Å². The number of thioether (sulfide) groups is 1. The highest BCUT2D eigenvalue weighted by Crippen LogP contribution is 2.38. The van der Waals surface area contributed by atoms with Gasteiger partial charge in [-0.1, -0.05) is 54.2 Å². The van der Waals surface area contributed by atoms with Crippen LogP contribution in [0, 0.1) is 18.2 Å². The highest BCUT2D eigenvalue weighted by atomic mass is 32.2. The molecule has 2 aliphatic heterocycles. The van der Waals surface area contributed by atoms with Gasteiger partial charge in [0.2, 0.25) is 0 Å². The van der Waals surface area contributed by atoms with Gasteiger partial charge in [-0.05, 0) is 60.0 Å². The number of aryl methyl sites for hydroxylation is 1. The number of nitrogens with zero attached hydrogens (tertiary/aromatic N) is 3. The number of halogens is 1. The summed E-state index contributed by atoms with van der Waals surface area (Å²) in [5.74, 6) is -0.713. The van der Waals surface area contributed by atoms with Crippen molar-refractivity contribution in [3.05, 3.63) is 118 Å². The summed E-state index contributed by atoms with van der Waals surface area (Å²) < 4.78 is 15.6. The number of benzene rings is 3. The average molecular weight is 493 g/mol. The number of carbonyl (C=O) groups is 1. The summed E-state index contributed by atoms with van der Waals surface area (Å²) in [6.07, 6.45) is 3.78. The molecule has 36 heavy (non-hydrogen) atoms. The van der Waals surface area contributed by atoms with Gasteiger partial charge in [0.25, 0.3) is 5.91 Å². The van der Waals surface area contributed by atoms with Gasteiger partial charge < -0.3 is 4.57 Å². The van der Waals surface area contributed by atoms with Crippen molar-refractivity contribution in [3.63, 3.8) is 0 Å². The van der Waals surface area contributed by atoms with Crippen molar-refractivity contribution in [1.29, 1.82) is 5.41 Å². The summed E-state index contributed by atoms with van der Waals surface area (Å²) in [5.41, 5.74) is 6.00. The van der Waals surface area contributed by atoms with Gasteiger partial charge >= 0.3 is 0 Å². The van der Waals surface area contributed by atoms with E-state index < -0.39 is 5.91 Å². The molecule has 0 saturated carbocycles. The van der Waals surface area contributed by atoms with Gasteiger partial charge in [-0.25, -0.2) is 4.39 Å². The number of hydrogen-bond donors (Lipinski definition) is 1. The van der Waals surface area contributed by atoms with E-state index in [0.29, 0.717) is 17.4 Å². The van der Waals surface area contributed by atoms with E-state index in [2.05, 4.69) is 34.7 Å². The Kier molecular flexibility index (Phi) is 5.42. The minimum Gasteiger partial charge on any atom is -0.342 e. The predicted octanol–water partition coefficient (Wildman–Crippen LogP) is 6.44. The molecule has 4 aromatic rings. The molecule has 0 radical (unpaired) electrons. The van der Waals surface area contributed by atoms with Crippen molar-refractivity contribution < 1.29 is 9.18 Å². The maximum Gasteiger partial charge on any atom is 0.283 e. The Morgan fingerprint density at radius 1 is 1.03 bits per heavy atom. The Bertz CT molecular complexity index is 1650. The Morgan fingerprint density at radius 3 is 2.58 bits per heavy atom. The molecule has 0 aliphatic carbocycles. The first-order valence-electron chi connectivity index (χ1n) is 11.5. The van der Waals surface area contributed by atoms with Gasteiger partial charge in [0.05, 0.1) is 11.3 Å². The summed E-state index contributed by atoms with van der Waals surface area (Å²) in [6.45, 7) is 2.80. The number of rotatable bonds is 4. The largest absolute Gasteiger partial charge is 0.342 e. The van der Waals surface area contributed by atoms with Crippen LogP contribution < -0.4 is 0 Å². The first-order chi connectivity index (χ1) is 17.5. The molecular weight excluding hydrogens is 471 g/mol. The molecule has 3 aromatic carbocycles. The minimum atomic E-state index is -0.441. The van der Waals surface area contributed by atoms with Gasteiger partial charge in [-0.15, -0.1) is 0 Å². The molecular formula is C29H21FN4OS. The lowest BCUT2D eigenvalue weighted by atomic mass is 10.1. The smallest absolute Gasteiger partial charge is 0.283 e. The minimum absolute atomic E-state index is 0.0568. The predicted molar refractivity (Wildman–Crippen MR) is 144 cm³/mol. The highest BCUT2D eigenvalue weighted by molar-refractivity contribution is 8.17. The van der Waals surface area contributed by atoms with E-state index in [1.54, 1.807) is 23.1 Å². The van der Waals surface area contributed by atoms with Crippen LogP contribution >= 0.6 is 11.8 Å². The highest BCUT2D eigenvalue weighted by Gasteiger charge is 2.36. The number of hydrogen-bond acceptors (Lipinski definition) is 3. The number of aliphatic imine (C=N–C) groups is 1. The quantitative estimate of drug-likeness (QED) is 0.334. The molecule has 1 amide bonds. The van der Waals surface area contributed by atoms with Gasteiger partial charge in [-0.3, -0.25) is 15.1 Å². The van der Waals surface area contributed by atoms with E-state index >= 15 is 0 Å². The van der Waals surface area contributed by atoms with Crippen LogP contribution in [-0.4, -0.2) is 26.4 Å². The van der Waals surface area contributed by atoms with Crippen molar-refractivity contribution in [1.82, 2.24) is 9.47 Å². The maximum atomic E-state index is 13.5. The van der Waals surface area contributed by atoms with Crippen LogP contribution in [0.4, 0.5) is 4.39 Å². The summed E-state index contributed by atoms with van der Waals surface area (Å²) >= 11 is 1.29. The van der Waals surface area contributed by atoms with E-state index in [9.17, 15) is 9.18 Å². The fourth-order valence-electron chi connectivity index (χ4n) is 4.57. The summed E-state index contributed by atoms with van der Waals surface area (Å²) in [4.78, 5) is 18.9. The topological polar surface area (TPSA) is 61.5 Å². The molecule has 0 atom stereocenters. The Labute approximate surface area is 211 Å². The van der Waals surface area contributed by atoms with E-state index in [0.717, 1.165) is 22.0 Å². The monoisotopic (exact) mass is 492 g/mol. The van der Waals surface area contributed by atoms with Gasteiger partial charge in [0.1, 0.15) is 11.7 Å². The first kappa shape index (κ1) is 22.2. The zero-order valence-electron chi connectivity index (χ0n) is 19.4. The summed E-state index contributed by atoms with van der Waals surface area (Å²) in [7, 11) is 0. The maximum absolute atomic E-state index is 13.5. The zero-order valence-corrected chi connectivity index (χ0v) is 20.2. The molecule has 6 rings (SSSR count). The van der Waals surface area contributed by atoms with Crippen LogP contribution in [0.3, 0.4) is 0 Å². The van der Waals surface area contributed by atoms with Crippen molar-refractivity contribution in [2.45, 2.75) is 13.5 Å². The third-order valence-corrected chi connectivity index (χ3v) is 7.30. The fraction of sp³-hybridized carbons (Fsp3) is 0.0690. The Balaban J connectivity index is 1.40. The van der Waals surface area contributed by atoms with Crippen LogP contribution in [0.5, 0.6) is 0 Å². The lowest BCUT2D eigenvalue weighted by Crippen LogP contribution is -2.38. The van der Waals surface area contributed by atoms with Crippen LogP contribution in [-0.2, 0) is 11.3 Å². The van der Waals surface area contributed by atoms with Gasteiger partial charge in [-0.2, -0.15) is 4.99 Å². The number of aromatic nitrogens is 1. The molecule has 7 heteroatoms. The molecule has 0 fully saturated rings. The lowest BCUT2D eigenvalue weighted by molar-refractivity contribution is -0.114. The SMILES string of the molecule is Cc1ccccc1Cn1cc(/C=C2/C(=N)N3C(c4ccc(F)cc4)=CSC3=NC2=O)c2ccccc21. The first-order valence-corrected chi connectivity index (χ1v) is 12.4. The average Bonchev–Trinajstić information content (AvgIpc) is 3.45. The van der Waals surface area contributed by atoms with Crippen LogP contribution in [0.1, 0.15) is 22.3 Å². The van der Waals surface area contributed by atoms with Crippen molar-refractivity contribution in [2.24, 2.45) is 4.99 Å². The fourth-order valence-corrected chi connectivity index (χ4v) is 5.46. The molecule has 5 nitrogen and oxygen atoms in total. The molecule has 2 aliphatic rings. The van der Waals surface area contributed by atoms with Crippen LogP contribution in [0.15, 0.2) is 95.0 Å². The molecule has 0 saturated heterocycles. The number of carbonyl (C=O) groups excluding carboxylic acids is 1. The number of amidine groups is 2. The number of fused-ring (bicyclic) bond motifs is 2. The Hall–Kier alpha value is -4.23. The van der Waals surface area contributed by atoms with Crippen molar-refractivity contribution in [3.8, 4) is 0 Å². The summed E-state index contributed by atoms with van der Waals surface area (Å²) in [5, 5.41) is 12.2. The van der Waals surface area contributed by atoms with Crippen LogP contribution in [0.25, 0.3) is 22.7 Å². The number of para-hydroxylation sites is 1. The third kappa shape index (κ3) is 3.78. The normalized spacial score (nSPS) is 16.5. The zero-order chi connectivity index (χ0) is 24.8. The molecule has 3 heterocycles. The molecule has 176 valence electrons. The van der Waals surface area contributed by atoms with Crippen molar-refractivity contribution in [2.75, 3.05) is 0 Å². The number of nitrogens with one attached hydrogen (secondary N) is 1. The lowest BCUT2D eigenvalue weighted by Gasteiger charge is -2.26. The van der Waals surface area contributed by atoms with E-state index in [-0.39, 0.29) is 17.2 Å². The second-order valence-corrected chi connectivity index (χ2v) is 9.56. The Morgan fingerprint density at radius 2 is 1.78 bits per heavy atom. The number of amides is 1. The second kappa shape index (κ2) is 8.77. The molecule has 1 N–H and O–H groups in total. The molecule has 0 bridgehead atoms. The van der Waals surface area contributed by atoms with E-state index in [4.69, 9.17) is 5.41 Å². The van der Waals surface area contributed by atoms with Crippen LogP contribution in [0.2, 0.25) is 0 Å². The van der Waals surface area contributed by atoms with Gasteiger partial charge in [0.15, 0.2) is 5.17 Å². The standard InChI is InChI=1S/C29H21FN4OS/c1-18-6-2-3-7-20(18)15-33-16-21(23-8-4-5-9-25(23)33)14-24-27(31)34-26(17-36-29(34)32-28(24)35)19-10-12-22(30)13-11-19/h2-14,16-17,31H,15H2,1H3/b24-14-,31-27?. The molecule has 0 spiro atoms. The summed E-state index contributed by atoms with van der Waals surface area (Å²) in [6, 6.07) is 22.4. The third-order valence-electron chi connectivity index (χ3n) is 6.48.